The minimum Gasteiger partial charge on any atom is -0.367 e. The SMILES string of the molecule is Cc1ccc(-c2ccnc(NC3CCCCC3)c2)nc1N1CCNCC1. The highest BCUT2D eigenvalue weighted by Crippen LogP contribution is 2.26. The van der Waals surface area contributed by atoms with Crippen molar-refractivity contribution in [2.45, 2.75) is 45.1 Å². The van der Waals surface area contributed by atoms with Crippen LogP contribution in [-0.2, 0) is 0 Å². The van der Waals surface area contributed by atoms with Gasteiger partial charge in [-0.25, -0.2) is 9.97 Å². The minimum absolute atomic E-state index is 0.564. The molecule has 138 valence electrons. The molecule has 0 radical (unpaired) electrons. The summed E-state index contributed by atoms with van der Waals surface area (Å²) in [6, 6.07) is 9.09. The zero-order chi connectivity index (χ0) is 17.8. The summed E-state index contributed by atoms with van der Waals surface area (Å²) in [5.74, 6) is 2.09. The lowest BCUT2D eigenvalue weighted by Gasteiger charge is -2.30. The highest BCUT2D eigenvalue weighted by atomic mass is 15.2. The average molecular weight is 351 g/mol. The highest BCUT2D eigenvalue weighted by Gasteiger charge is 2.16. The first-order valence-electron chi connectivity index (χ1n) is 9.96. The number of aromatic nitrogens is 2. The molecule has 2 N–H and O–H groups in total. The Morgan fingerprint density at radius 1 is 1.08 bits per heavy atom. The molecule has 5 nitrogen and oxygen atoms in total. The highest BCUT2D eigenvalue weighted by molar-refractivity contribution is 5.66. The average Bonchev–Trinajstić information content (AvgIpc) is 2.70. The van der Waals surface area contributed by atoms with E-state index in [0.717, 1.165) is 49.1 Å². The van der Waals surface area contributed by atoms with Gasteiger partial charge in [0.2, 0.25) is 0 Å². The molecule has 26 heavy (non-hydrogen) atoms. The predicted octanol–water partition coefficient (Wildman–Crippen LogP) is 3.61. The molecule has 2 aliphatic rings. The molecule has 1 saturated heterocycles. The Balaban J connectivity index is 1.55. The van der Waals surface area contributed by atoms with Gasteiger partial charge in [0, 0.05) is 44.0 Å². The molecule has 2 aromatic heterocycles. The summed E-state index contributed by atoms with van der Waals surface area (Å²) in [5, 5.41) is 7.03. The molecule has 0 amide bonds. The molecule has 3 heterocycles. The van der Waals surface area contributed by atoms with Crippen LogP contribution in [0.3, 0.4) is 0 Å². The zero-order valence-corrected chi connectivity index (χ0v) is 15.7. The molecule has 1 saturated carbocycles. The first-order chi connectivity index (χ1) is 12.8. The quantitative estimate of drug-likeness (QED) is 0.881. The first-order valence-corrected chi connectivity index (χ1v) is 9.96. The Bertz CT molecular complexity index is 733. The number of aryl methyl sites for hydroxylation is 1. The van der Waals surface area contributed by atoms with Crippen LogP contribution >= 0.6 is 0 Å². The second-order valence-corrected chi connectivity index (χ2v) is 7.48. The molecule has 0 aromatic carbocycles. The van der Waals surface area contributed by atoms with E-state index in [-0.39, 0.29) is 0 Å². The van der Waals surface area contributed by atoms with Crippen LogP contribution < -0.4 is 15.5 Å². The molecule has 0 spiro atoms. The second kappa shape index (κ2) is 8.04. The lowest BCUT2D eigenvalue weighted by atomic mass is 9.95. The predicted molar refractivity (Wildman–Crippen MR) is 108 cm³/mol. The number of nitrogens with one attached hydrogen (secondary N) is 2. The second-order valence-electron chi connectivity index (χ2n) is 7.48. The molecule has 0 atom stereocenters. The van der Waals surface area contributed by atoms with Gasteiger partial charge in [-0.3, -0.25) is 0 Å². The third kappa shape index (κ3) is 3.98. The van der Waals surface area contributed by atoms with Crippen LogP contribution in [0.25, 0.3) is 11.3 Å². The van der Waals surface area contributed by atoms with Crippen molar-refractivity contribution < 1.29 is 0 Å². The third-order valence-electron chi connectivity index (χ3n) is 5.50. The summed E-state index contributed by atoms with van der Waals surface area (Å²) in [5.41, 5.74) is 3.40. The molecule has 2 aromatic rings. The molecule has 2 fully saturated rings. The Kier molecular flexibility index (Phi) is 5.34. The van der Waals surface area contributed by atoms with Gasteiger partial charge in [0.25, 0.3) is 0 Å². The third-order valence-corrected chi connectivity index (χ3v) is 5.50. The van der Waals surface area contributed by atoms with Crippen molar-refractivity contribution in [1.82, 2.24) is 15.3 Å². The zero-order valence-electron chi connectivity index (χ0n) is 15.7. The van der Waals surface area contributed by atoms with Crippen molar-refractivity contribution in [2.24, 2.45) is 0 Å². The summed E-state index contributed by atoms with van der Waals surface area (Å²) in [7, 11) is 0. The number of rotatable bonds is 4. The Morgan fingerprint density at radius 3 is 2.69 bits per heavy atom. The molecule has 5 heteroatoms. The summed E-state index contributed by atoms with van der Waals surface area (Å²) < 4.78 is 0. The fourth-order valence-corrected chi connectivity index (χ4v) is 4.00. The van der Waals surface area contributed by atoms with E-state index in [9.17, 15) is 0 Å². The van der Waals surface area contributed by atoms with Crippen LogP contribution in [0.15, 0.2) is 30.5 Å². The van der Waals surface area contributed by atoms with Crippen LogP contribution in [0.2, 0.25) is 0 Å². The molecular formula is C21H29N5. The van der Waals surface area contributed by atoms with Gasteiger partial charge in [-0.1, -0.05) is 25.3 Å². The Hall–Kier alpha value is -2.14. The lowest BCUT2D eigenvalue weighted by molar-refractivity contribution is 0.462. The van der Waals surface area contributed by atoms with E-state index in [1.165, 1.54) is 37.7 Å². The van der Waals surface area contributed by atoms with E-state index in [1.807, 2.05) is 6.20 Å². The molecule has 0 unspecified atom stereocenters. The van der Waals surface area contributed by atoms with Crippen molar-refractivity contribution in [3.63, 3.8) is 0 Å². The molecule has 1 aliphatic heterocycles. The van der Waals surface area contributed by atoms with Crippen molar-refractivity contribution in [1.29, 1.82) is 0 Å². The molecule has 0 bridgehead atoms. The number of pyridine rings is 2. The monoisotopic (exact) mass is 351 g/mol. The van der Waals surface area contributed by atoms with Gasteiger partial charge in [0.05, 0.1) is 5.69 Å². The fraction of sp³-hybridized carbons (Fsp3) is 0.524. The van der Waals surface area contributed by atoms with Crippen LogP contribution in [0, 0.1) is 6.92 Å². The molecule has 1 aliphatic carbocycles. The summed E-state index contributed by atoms with van der Waals surface area (Å²) in [4.78, 5) is 11.9. The van der Waals surface area contributed by atoms with E-state index in [4.69, 9.17) is 4.98 Å². The van der Waals surface area contributed by atoms with Gasteiger partial charge < -0.3 is 15.5 Å². The van der Waals surface area contributed by atoms with Gasteiger partial charge in [-0.2, -0.15) is 0 Å². The van der Waals surface area contributed by atoms with E-state index in [1.54, 1.807) is 0 Å². The van der Waals surface area contributed by atoms with Gasteiger partial charge in [0.15, 0.2) is 0 Å². The Labute approximate surface area is 156 Å². The van der Waals surface area contributed by atoms with Crippen molar-refractivity contribution in [2.75, 3.05) is 36.4 Å². The number of hydrogen-bond donors (Lipinski definition) is 2. The van der Waals surface area contributed by atoms with E-state index >= 15 is 0 Å². The normalized spacial score (nSPS) is 18.7. The maximum Gasteiger partial charge on any atom is 0.132 e. The minimum atomic E-state index is 0.564. The van der Waals surface area contributed by atoms with E-state index < -0.39 is 0 Å². The summed E-state index contributed by atoms with van der Waals surface area (Å²) in [6.45, 7) is 6.23. The largest absolute Gasteiger partial charge is 0.367 e. The number of nitrogens with zero attached hydrogens (tertiary/aromatic N) is 3. The molecule has 4 rings (SSSR count). The van der Waals surface area contributed by atoms with Gasteiger partial charge >= 0.3 is 0 Å². The first kappa shape index (κ1) is 17.3. The van der Waals surface area contributed by atoms with Crippen LogP contribution in [0.1, 0.15) is 37.7 Å². The smallest absolute Gasteiger partial charge is 0.132 e. The number of piperazine rings is 1. The Morgan fingerprint density at radius 2 is 1.88 bits per heavy atom. The van der Waals surface area contributed by atoms with Gasteiger partial charge in [-0.05, 0) is 43.5 Å². The maximum atomic E-state index is 5.00. The summed E-state index contributed by atoms with van der Waals surface area (Å²) in [6.07, 6.45) is 8.42. The van der Waals surface area contributed by atoms with Crippen molar-refractivity contribution >= 4 is 11.6 Å². The number of hydrogen-bond acceptors (Lipinski definition) is 5. The summed E-state index contributed by atoms with van der Waals surface area (Å²) >= 11 is 0. The van der Waals surface area contributed by atoms with Gasteiger partial charge in [-0.15, -0.1) is 0 Å². The fourth-order valence-electron chi connectivity index (χ4n) is 4.00. The van der Waals surface area contributed by atoms with Crippen LogP contribution in [-0.4, -0.2) is 42.2 Å². The van der Waals surface area contributed by atoms with E-state index in [2.05, 4.69) is 51.7 Å². The van der Waals surface area contributed by atoms with Crippen molar-refractivity contribution in [3.8, 4) is 11.3 Å². The maximum absolute atomic E-state index is 5.00. The number of anilines is 2. The van der Waals surface area contributed by atoms with Crippen LogP contribution in [0.4, 0.5) is 11.6 Å². The van der Waals surface area contributed by atoms with Crippen molar-refractivity contribution in [3.05, 3.63) is 36.0 Å². The van der Waals surface area contributed by atoms with E-state index in [0.29, 0.717) is 6.04 Å². The lowest BCUT2D eigenvalue weighted by Crippen LogP contribution is -2.44. The topological polar surface area (TPSA) is 53.1 Å². The standard InChI is InChI=1S/C21H29N5/c1-16-7-8-19(25-21(16)26-13-11-22-12-14-26)17-9-10-23-20(15-17)24-18-5-3-2-4-6-18/h7-10,15,18,22H,2-6,11-14H2,1H3,(H,23,24). The molecular weight excluding hydrogens is 322 g/mol. The van der Waals surface area contributed by atoms with Gasteiger partial charge in [0.1, 0.15) is 11.6 Å². The van der Waals surface area contributed by atoms with Crippen LogP contribution in [0.5, 0.6) is 0 Å².